The van der Waals surface area contributed by atoms with Crippen LogP contribution in [0.1, 0.15) is 18.1 Å². The molecule has 0 N–H and O–H groups in total. The quantitative estimate of drug-likeness (QED) is 0.437. The number of aryl methyl sites for hydroxylation is 2. The standard InChI is InChI=1S/C12H13ClO2/c1-7(2)12(14)15-10-5-8(3)11(13)9(4)6-10/h5-6H,1H2,2-4H3. The summed E-state index contributed by atoms with van der Waals surface area (Å²) in [6.45, 7) is 8.86. The molecule has 0 unspecified atom stereocenters. The lowest BCUT2D eigenvalue weighted by Crippen LogP contribution is -2.08. The number of benzene rings is 1. The lowest BCUT2D eigenvalue weighted by atomic mass is 10.1. The summed E-state index contributed by atoms with van der Waals surface area (Å²) in [5.41, 5.74) is 2.16. The summed E-state index contributed by atoms with van der Waals surface area (Å²) in [6.07, 6.45) is 0. The van der Waals surface area contributed by atoms with Crippen molar-refractivity contribution in [2.75, 3.05) is 0 Å². The van der Waals surface area contributed by atoms with Crippen molar-refractivity contribution >= 4 is 17.6 Å². The number of carbonyl (C=O) groups is 1. The Bertz CT molecular complexity index is 399. The molecule has 0 saturated carbocycles. The third-order valence-corrected chi connectivity index (χ3v) is 2.57. The van der Waals surface area contributed by atoms with E-state index in [2.05, 4.69) is 6.58 Å². The maximum atomic E-state index is 11.3. The summed E-state index contributed by atoms with van der Waals surface area (Å²) in [5, 5.41) is 0.699. The number of hydrogen-bond donors (Lipinski definition) is 0. The van der Waals surface area contributed by atoms with Crippen LogP contribution < -0.4 is 4.74 Å². The van der Waals surface area contributed by atoms with E-state index in [9.17, 15) is 4.79 Å². The molecule has 0 radical (unpaired) electrons. The number of carbonyl (C=O) groups excluding carboxylic acids is 1. The number of ether oxygens (including phenoxy) is 1. The predicted molar refractivity (Wildman–Crippen MR) is 61.4 cm³/mol. The van der Waals surface area contributed by atoms with Crippen molar-refractivity contribution in [1.29, 1.82) is 0 Å². The van der Waals surface area contributed by atoms with Gasteiger partial charge in [-0.25, -0.2) is 4.79 Å². The van der Waals surface area contributed by atoms with Gasteiger partial charge in [0.05, 0.1) is 0 Å². The van der Waals surface area contributed by atoms with Crippen LogP contribution in [0.5, 0.6) is 5.75 Å². The van der Waals surface area contributed by atoms with Gasteiger partial charge in [-0.05, 0) is 44.0 Å². The first-order valence-corrected chi connectivity index (χ1v) is 4.94. The molecular formula is C12H13ClO2. The van der Waals surface area contributed by atoms with Crippen molar-refractivity contribution in [3.05, 3.63) is 40.4 Å². The van der Waals surface area contributed by atoms with Crippen molar-refractivity contribution in [1.82, 2.24) is 0 Å². The van der Waals surface area contributed by atoms with E-state index in [0.29, 0.717) is 16.3 Å². The largest absolute Gasteiger partial charge is 0.423 e. The summed E-state index contributed by atoms with van der Waals surface area (Å²) in [4.78, 5) is 11.3. The van der Waals surface area contributed by atoms with Crippen LogP contribution in [-0.4, -0.2) is 5.97 Å². The summed E-state index contributed by atoms with van der Waals surface area (Å²) in [6, 6.07) is 3.46. The van der Waals surface area contributed by atoms with Gasteiger partial charge in [0.1, 0.15) is 5.75 Å². The van der Waals surface area contributed by atoms with Gasteiger partial charge in [-0.15, -0.1) is 0 Å². The van der Waals surface area contributed by atoms with Crippen molar-refractivity contribution in [3.63, 3.8) is 0 Å². The molecule has 0 bridgehead atoms. The summed E-state index contributed by atoms with van der Waals surface area (Å²) in [7, 11) is 0. The molecule has 3 heteroatoms. The van der Waals surface area contributed by atoms with E-state index in [1.54, 1.807) is 19.1 Å². The first kappa shape index (κ1) is 11.8. The zero-order valence-corrected chi connectivity index (χ0v) is 9.81. The molecule has 0 aliphatic heterocycles. The molecule has 1 aromatic carbocycles. The summed E-state index contributed by atoms with van der Waals surface area (Å²) >= 11 is 5.99. The summed E-state index contributed by atoms with van der Waals surface area (Å²) in [5.74, 6) is 0.0820. The number of rotatable bonds is 2. The van der Waals surface area contributed by atoms with E-state index in [1.807, 2.05) is 13.8 Å². The zero-order valence-electron chi connectivity index (χ0n) is 9.06. The van der Waals surface area contributed by atoms with Gasteiger partial charge in [0, 0.05) is 10.6 Å². The zero-order chi connectivity index (χ0) is 11.6. The normalized spacial score (nSPS) is 9.87. The molecule has 0 aliphatic carbocycles. The van der Waals surface area contributed by atoms with Crippen LogP contribution in [0.2, 0.25) is 5.02 Å². The molecular weight excluding hydrogens is 212 g/mol. The van der Waals surface area contributed by atoms with Gasteiger partial charge in [-0.1, -0.05) is 18.2 Å². The summed E-state index contributed by atoms with van der Waals surface area (Å²) < 4.78 is 5.10. The minimum absolute atomic E-state index is 0.375. The molecule has 0 aromatic heterocycles. The van der Waals surface area contributed by atoms with Crippen molar-refractivity contribution in [2.45, 2.75) is 20.8 Å². The van der Waals surface area contributed by atoms with Gasteiger partial charge in [0.15, 0.2) is 0 Å². The fourth-order valence-electron chi connectivity index (χ4n) is 1.16. The average Bonchev–Trinajstić information content (AvgIpc) is 2.13. The Balaban J connectivity index is 2.98. The molecule has 0 saturated heterocycles. The molecule has 0 fully saturated rings. The second-order valence-corrected chi connectivity index (χ2v) is 3.92. The third-order valence-electron chi connectivity index (χ3n) is 1.97. The predicted octanol–water partition coefficient (Wildman–Crippen LogP) is 3.44. The number of esters is 1. The fourth-order valence-corrected chi connectivity index (χ4v) is 1.27. The van der Waals surface area contributed by atoms with Crippen molar-refractivity contribution in [3.8, 4) is 5.75 Å². The topological polar surface area (TPSA) is 26.3 Å². The van der Waals surface area contributed by atoms with Crippen molar-refractivity contribution < 1.29 is 9.53 Å². The highest BCUT2D eigenvalue weighted by Crippen LogP contribution is 2.26. The molecule has 1 aromatic rings. The molecule has 0 heterocycles. The Morgan fingerprint density at radius 1 is 1.33 bits per heavy atom. The first-order valence-electron chi connectivity index (χ1n) is 4.56. The highest BCUT2D eigenvalue weighted by atomic mass is 35.5. The maximum absolute atomic E-state index is 11.3. The first-order chi connectivity index (χ1) is 6.91. The smallest absolute Gasteiger partial charge is 0.338 e. The highest BCUT2D eigenvalue weighted by molar-refractivity contribution is 6.32. The van der Waals surface area contributed by atoms with Gasteiger partial charge in [0.25, 0.3) is 0 Å². The van der Waals surface area contributed by atoms with E-state index in [0.717, 1.165) is 11.1 Å². The Morgan fingerprint density at radius 2 is 1.80 bits per heavy atom. The Kier molecular flexibility index (Phi) is 3.53. The van der Waals surface area contributed by atoms with Crippen LogP contribution in [0, 0.1) is 13.8 Å². The average molecular weight is 225 g/mol. The monoisotopic (exact) mass is 224 g/mol. The second-order valence-electron chi connectivity index (χ2n) is 3.54. The number of halogens is 1. The van der Waals surface area contributed by atoms with E-state index in [-0.39, 0.29) is 0 Å². The molecule has 0 atom stereocenters. The Labute approximate surface area is 94.5 Å². The Morgan fingerprint density at radius 3 is 2.20 bits per heavy atom. The van der Waals surface area contributed by atoms with Crippen LogP contribution in [0.4, 0.5) is 0 Å². The molecule has 0 aliphatic rings. The van der Waals surface area contributed by atoms with E-state index < -0.39 is 5.97 Å². The van der Waals surface area contributed by atoms with Gasteiger partial charge < -0.3 is 4.74 Å². The van der Waals surface area contributed by atoms with Gasteiger partial charge in [-0.2, -0.15) is 0 Å². The van der Waals surface area contributed by atoms with E-state index in [1.165, 1.54) is 0 Å². The molecule has 2 nitrogen and oxygen atoms in total. The minimum Gasteiger partial charge on any atom is -0.423 e. The number of hydrogen-bond acceptors (Lipinski definition) is 2. The SMILES string of the molecule is C=C(C)C(=O)Oc1cc(C)c(Cl)c(C)c1. The molecule has 1 rings (SSSR count). The minimum atomic E-state index is -0.420. The van der Waals surface area contributed by atoms with Crippen LogP contribution in [0.3, 0.4) is 0 Å². The lowest BCUT2D eigenvalue weighted by molar-refractivity contribution is -0.130. The molecule has 80 valence electrons. The maximum Gasteiger partial charge on any atom is 0.338 e. The lowest BCUT2D eigenvalue weighted by Gasteiger charge is -2.08. The van der Waals surface area contributed by atoms with E-state index in [4.69, 9.17) is 16.3 Å². The van der Waals surface area contributed by atoms with Crippen LogP contribution in [0.25, 0.3) is 0 Å². The second kappa shape index (κ2) is 4.49. The van der Waals surface area contributed by atoms with Gasteiger partial charge in [-0.3, -0.25) is 0 Å². The van der Waals surface area contributed by atoms with Crippen molar-refractivity contribution in [2.24, 2.45) is 0 Å². The molecule has 15 heavy (non-hydrogen) atoms. The third kappa shape index (κ3) is 2.83. The molecule has 0 amide bonds. The highest BCUT2D eigenvalue weighted by Gasteiger charge is 2.08. The fraction of sp³-hybridized carbons (Fsp3) is 0.250. The van der Waals surface area contributed by atoms with Gasteiger partial charge in [0.2, 0.25) is 0 Å². The van der Waals surface area contributed by atoms with Gasteiger partial charge >= 0.3 is 5.97 Å². The van der Waals surface area contributed by atoms with Crippen LogP contribution >= 0.6 is 11.6 Å². The molecule has 0 spiro atoms. The van der Waals surface area contributed by atoms with Crippen LogP contribution in [-0.2, 0) is 4.79 Å². The Hall–Kier alpha value is -1.28. The van der Waals surface area contributed by atoms with Crippen LogP contribution in [0.15, 0.2) is 24.3 Å². The van der Waals surface area contributed by atoms with E-state index >= 15 is 0 Å².